The molecule has 134 valence electrons. The summed E-state index contributed by atoms with van der Waals surface area (Å²) in [5.74, 6) is 0.652. The van der Waals surface area contributed by atoms with Crippen molar-refractivity contribution < 1.29 is 14.3 Å². The molecule has 5 nitrogen and oxygen atoms in total. The first-order valence-electron chi connectivity index (χ1n) is 8.50. The van der Waals surface area contributed by atoms with Crippen molar-refractivity contribution in [3.63, 3.8) is 0 Å². The molecular formula is C21H16N2O3S. The highest BCUT2D eigenvalue weighted by atomic mass is 32.1. The normalized spacial score (nSPS) is 12.6. The molecule has 4 rings (SSSR count). The van der Waals surface area contributed by atoms with Gasteiger partial charge in [-0.25, -0.2) is 4.79 Å². The van der Waals surface area contributed by atoms with Crippen LogP contribution >= 0.6 is 11.3 Å². The lowest BCUT2D eigenvalue weighted by Gasteiger charge is -2.29. The lowest BCUT2D eigenvalue weighted by molar-refractivity contribution is 0.144. The van der Waals surface area contributed by atoms with Gasteiger partial charge in [0.1, 0.15) is 29.9 Å². The lowest BCUT2D eigenvalue weighted by Crippen LogP contribution is -2.38. The van der Waals surface area contributed by atoms with Gasteiger partial charge in [0.15, 0.2) is 0 Å². The van der Waals surface area contributed by atoms with Crippen LogP contribution in [-0.4, -0.2) is 19.2 Å². The largest absolute Gasteiger partial charge is 0.490 e. The number of nitriles is 1. The van der Waals surface area contributed by atoms with Gasteiger partial charge in [0, 0.05) is 4.88 Å². The van der Waals surface area contributed by atoms with Gasteiger partial charge >= 0.3 is 6.09 Å². The molecule has 2 heterocycles. The van der Waals surface area contributed by atoms with Gasteiger partial charge in [0.25, 0.3) is 0 Å². The molecule has 1 aliphatic heterocycles. The number of hydrogen-bond acceptors (Lipinski definition) is 5. The van der Waals surface area contributed by atoms with Crippen molar-refractivity contribution >= 4 is 23.1 Å². The van der Waals surface area contributed by atoms with Crippen LogP contribution in [-0.2, 0) is 11.3 Å². The van der Waals surface area contributed by atoms with E-state index in [1.54, 1.807) is 11.0 Å². The maximum Gasteiger partial charge on any atom is 0.414 e. The van der Waals surface area contributed by atoms with Crippen molar-refractivity contribution in [3.8, 4) is 22.3 Å². The first-order chi connectivity index (χ1) is 13.2. The molecule has 0 saturated heterocycles. The molecule has 6 heteroatoms. The molecule has 0 fully saturated rings. The Morgan fingerprint density at radius 3 is 2.81 bits per heavy atom. The van der Waals surface area contributed by atoms with Crippen molar-refractivity contribution in [2.45, 2.75) is 6.61 Å². The molecule has 0 bridgehead atoms. The number of hydrogen-bond donors (Lipinski definition) is 0. The van der Waals surface area contributed by atoms with Crippen LogP contribution in [0, 0.1) is 11.3 Å². The summed E-state index contributed by atoms with van der Waals surface area (Å²) in [6, 6.07) is 21.1. The second-order valence-electron chi connectivity index (χ2n) is 6.00. The van der Waals surface area contributed by atoms with Crippen molar-refractivity contribution in [2.75, 3.05) is 18.1 Å². The fourth-order valence-corrected chi connectivity index (χ4v) is 3.71. The smallest absolute Gasteiger partial charge is 0.414 e. The zero-order chi connectivity index (χ0) is 18.6. The minimum absolute atomic E-state index is 0.225. The number of nitrogens with zero attached hydrogens (tertiary/aromatic N) is 2. The summed E-state index contributed by atoms with van der Waals surface area (Å²) in [6.45, 7) is 1.07. The highest BCUT2D eigenvalue weighted by molar-refractivity contribution is 7.16. The fourth-order valence-electron chi connectivity index (χ4n) is 2.91. The summed E-state index contributed by atoms with van der Waals surface area (Å²) in [5, 5.41) is 9.03. The topological polar surface area (TPSA) is 62.6 Å². The van der Waals surface area contributed by atoms with Gasteiger partial charge in [-0.1, -0.05) is 30.3 Å². The SMILES string of the molecule is N#Cc1ccc(-c2ccc3c(c2)N(C(=O)OCc2ccccc2)CCO3)s1. The zero-order valence-electron chi connectivity index (χ0n) is 14.4. The Morgan fingerprint density at radius 2 is 2.04 bits per heavy atom. The molecule has 1 amide bonds. The number of carbonyl (C=O) groups excluding carboxylic acids is 1. The van der Waals surface area contributed by atoms with E-state index >= 15 is 0 Å². The average Bonchev–Trinajstić information content (AvgIpc) is 3.21. The van der Waals surface area contributed by atoms with Crippen molar-refractivity contribution in [1.29, 1.82) is 5.26 Å². The second-order valence-corrected chi connectivity index (χ2v) is 7.08. The van der Waals surface area contributed by atoms with Gasteiger partial charge in [-0.2, -0.15) is 5.26 Å². The monoisotopic (exact) mass is 376 g/mol. The molecule has 2 aromatic carbocycles. The first-order valence-corrected chi connectivity index (χ1v) is 9.31. The van der Waals surface area contributed by atoms with E-state index in [-0.39, 0.29) is 6.61 Å². The number of ether oxygens (including phenoxy) is 2. The summed E-state index contributed by atoms with van der Waals surface area (Å²) in [7, 11) is 0. The van der Waals surface area contributed by atoms with E-state index in [2.05, 4.69) is 6.07 Å². The van der Waals surface area contributed by atoms with E-state index in [4.69, 9.17) is 14.7 Å². The third-order valence-electron chi connectivity index (χ3n) is 4.25. The Morgan fingerprint density at radius 1 is 1.19 bits per heavy atom. The third kappa shape index (κ3) is 3.64. The number of carbonyl (C=O) groups is 1. The van der Waals surface area contributed by atoms with Gasteiger partial charge in [-0.05, 0) is 41.5 Å². The van der Waals surface area contributed by atoms with Gasteiger partial charge in [0.05, 0.1) is 12.2 Å². The van der Waals surface area contributed by atoms with Gasteiger partial charge in [-0.3, -0.25) is 4.90 Å². The van der Waals surface area contributed by atoms with E-state index in [1.807, 2.05) is 54.6 Å². The van der Waals surface area contributed by atoms with E-state index < -0.39 is 6.09 Å². The minimum atomic E-state index is -0.399. The molecule has 0 N–H and O–H groups in total. The van der Waals surface area contributed by atoms with Crippen molar-refractivity contribution in [1.82, 2.24) is 0 Å². The Labute approximate surface area is 161 Å². The maximum atomic E-state index is 12.6. The number of benzene rings is 2. The maximum absolute atomic E-state index is 12.6. The van der Waals surface area contributed by atoms with E-state index in [0.717, 1.165) is 16.0 Å². The van der Waals surface area contributed by atoms with Crippen LogP contribution in [0.1, 0.15) is 10.4 Å². The van der Waals surface area contributed by atoms with Crippen LogP contribution in [0.3, 0.4) is 0 Å². The Kier molecular flexibility index (Phi) is 4.77. The Balaban J connectivity index is 1.57. The summed E-state index contributed by atoms with van der Waals surface area (Å²) < 4.78 is 11.2. The number of amides is 1. The molecule has 3 aromatic rings. The van der Waals surface area contributed by atoms with Crippen molar-refractivity contribution in [3.05, 3.63) is 71.1 Å². The molecule has 1 aliphatic rings. The van der Waals surface area contributed by atoms with E-state index in [1.165, 1.54) is 11.3 Å². The standard InChI is InChI=1S/C21H16N2O3S/c22-13-17-7-9-20(27-17)16-6-8-19-18(12-16)23(10-11-25-19)21(24)26-14-15-4-2-1-3-5-15/h1-9,12H,10-11,14H2. The van der Waals surface area contributed by atoms with Crippen LogP contribution in [0.5, 0.6) is 5.75 Å². The number of anilines is 1. The Bertz CT molecular complexity index is 1010. The number of fused-ring (bicyclic) bond motifs is 1. The quantitative estimate of drug-likeness (QED) is 0.657. The summed E-state index contributed by atoms with van der Waals surface area (Å²) in [6.07, 6.45) is -0.399. The van der Waals surface area contributed by atoms with E-state index in [9.17, 15) is 4.79 Å². The fraction of sp³-hybridized carbons (Fsp3) is 0.143. The predicted octanol–water partition coefficient (Wildman–Crippen LogP) is 4.82. The van der Waals surface area contributed by atoms with Gasteiger partial charge < -0.3 is 9.47 Å². The molecule has 0 atom stereocenters. The third-order valence-corrected chi connectivity index (χ3v) is 5.29. The predicted molar refractivity (Wildman–Crippen MR) is 104 cm³/mol. The molecule has 0 aliphatic carbocycles. The van der Waals surface area contributed by atoms with Crippen molar-refractivity contribution in [2.24, 2.45) is 0 Å². The average molecular weight is 376 g/mol. The molecule has 0 saturated carbocycles. The van der Waals surface area contributed by atoms with Gasteiger partial charge in [-0.15, -0.1) is 11.3 Å². The number of thiophene rings is 1. The second kappa shape index (κ2) is 7.52. The van der Waals surface area contributed by atoms with Crippen LogP contribution in [0.15, 0.2) is 60.7 Å². The highest BCUT2D eigenvalue weighted by Crippen LogP contribution is 2.38. The van der Waals surface area contributed by atoms with Crippen LogP contribution in [0.25, 0.3) is 10.4 Å². The number of rotatable bonds is 3. The molecule has 0 spiro atoms. The summed E-state index contributed by atoms with van der Waals surface area (Å²) in [4.78, 5) is 15.9. The summed E-state index contributed by atoms with van der Waals surface area (Å²) in [5.41, 5.74) is 2.56. The molecular weight excluding hydrogens is 360 g/mol. The Hall–Kier alpha value is -3.30. The van der Waals surface area contributed by atoms with Crippen LogP contribution < -0.4 is 9.64 Å². The zero-order valence-corrected chi connectivity index (χ0v) is 15.2. The van der Waals surface area contributed by atoms with Crippen LogP contribution in [0.2, 0.25) is 0 Å². The van der Waals surface area contributed by atoms with E-state index in [0.29, 0.717) is 29.5 Å². The lowest BCUT2D eigenvalue weighted by atomic mass is 10.1. The summed E-state index contributed by atoms with van der Waals surface area (Å²) >= 11 is 1.42. The molecule has 0 unspecified atom stereocenters. The molecule has 0 radical (unpaired) electrons. The van der Waals surface area contributed by atoms with Crippen LogP contribution in [0.4, 0.5) is 10.5 Å². The molecule has 27 heavy (non-hydrogen) atoms. The van der Waals surface area contributed by atoms with Gasteiger partial charge in [0.2, 0.25) is 0 Å². The molecule has 1 aromatic heterocycles. The minimum Gasteiger partial charge on any atom is -0.490 e. The first kappa shape index (κ1) is 17.1. The highest BCUT2D eigenvalue weighted by Gasteiger charge is 2.25.